The molecule has 2 rings (SSSR count). The zero-order chi connectivity index (χ0) is 14.9. The van der Waals surface area contributed by atoms with Crippen molar-refractivity contribution >= 4 is 33.4 Å². The van der Waals surface area contributed by atoms with Crippen LogP contribution in [-0.2, 0) is 0 Å². The molecule has 0 fully saturated rings. The average molecular weight is 335 g/mol. The first-order chi connectivity index (χ1) is 9.40. The van der Waals surface area contributed by atoms with Crippen LogP contribution in [0.4, 0.5) is 11.5 Å². The monoisotopic (exact) mass is 334 g/mol. The summed E-state index contributed by atoms with van der Waals surface area (Å²) in [6.07, 6.45) is 1.60. The molecule has 0 aliphatic rings. The largest absolute Gasteiger partial charge is 0.478 e. The van der Waals surface area contributed by atoms with Crippen molar-refractivity contribution in [2.24, 2.45) is 0 Å². The van der Waals surface area contributed by atoms with Gasteiger partial charge in [-0.1, -0.05) is 17.7 Å². The number of carboxylic acids is 1. The molecular weight excluding hydrogens is 320 g/mol. The SMILES string of the molecule is Cc1ccc(N(C)c2ncc(Br)cc2C(=O)O)c(C)c1. The molecule has 0 radical (unpaired) electrons. The van der Waals surface area contributed by atoms with Gasteiger partial charge in [0.05, 0.1) is 0 Å². The van der Waals surface area contributed by atoms with Crippen molar-refractivity contribution in [3.63, 3.8) is 0 Å². The molecule has 1 aromatic carbocycles. The number of hydrogen-bond donors (Lipinski definition) is 1. The third-order valence-electron chi connectivity index (χ3n) is 3.10. The van der Waals surface area contributed by atoms with Crippen molar-refractivity contribution in [1.82, 2.24) is 4.98 Å². The fourth-order valence-corrected chi connectivity index (χ4v) is 2.48. The van der Waals surface area contributed by atoms with Gasteiger partial charge in [0.25, 0.3) is 0 Å². The number of anilines is 2. The Morgan fingerprint density at radius 2 is 2.00 bits per heavy atom. The molecule has 0 spiro atoms. The standard InChI is InChI=1S/C15H15BrN2O2/c1-9-4-5-13(10(2)6-9)18(3)14-12(15(19)20)7-11(16)8-17-14/h4-8H,1-3H3,(H,19,20). The van der Waals surface area contributed by atoms with Gasteiger partial charge in [-0.15, -0.1) is 0 Å². The molecule has 1 N–H and O–H groups in total. The maximum absolute atomic E-state index is 11.4. The van der Waals surface area contributed by atoms with Crippen LogP contribution in [-0.4, -0.2) is 23.1 Å². The first-order valence-electron chi connectivity index (χ1n) is 6.10. The quantitative estimate of drug-likeness (QED) is 0.923. The number of hydrogen-bond acceptors (Lipinski definition) is 3. The summed E-state index contributed by atoms with van der Waals surface area (Å²) in [6.45, 7) is 4.02. The molecule has 1 aromatic heterocycles. The van der Waals surface area contributed by atoms with Crippen LogP contribution in [0.1, 0.15) is 21.5 Å². The van der Waals surface area contributed by atoms with Crippen molar-refractivity contribution < 1.29 is 9.90 Å². The summed E-state index contributed by atoms with van der Waals surface area (Å²) in [7, 11) is 1.82. The Labute approximate surface area is 126 Å². The average Bonchev–Trinajstić information content (AvgIpc) is 2.37. The Hall–Kier alpha value is -1.88. The van der Waals surface area contributed by atoms with E-state index in [4.69, 9.17) is 0 Å². The number of aromatic nitrogens is 1. The molecule has 0 bridgehead atoms. The number of rotatable bonds is 3. The van der Waals surface area contributed by atoms with Crippen molar-refractivity contribution in [3.8, 4) is 0 Å². The van der Waals surface area contributed by atoms with Gasteiger partial charge in [-0.3, -0.25) is 0 Å². The maximum atomic E-state index is 11.4. The number of aromatic carboxylic acids is 1. The van der Waals surface area contributed by atoms with Gasteiger partial charge in [-0.25, -0.2) is 9.78 Å². The molecule has 1 heterocycles. The highest BCUT2D eigenvalue weighted by Gasteiger charge is 2.17. The topological polar surface area (TPSA) is 53.4 Å². The molecular formula is C15H15BrN2O2. The second kappa shape index (κ2) is 5.63. The summed E-state index contributed by atoms with van der Waals surface area (Å²) in [5.41, 5.74) is 3.35. The van der Waals surface area contributed by atoms with Gasteiger partial charge >= 0.3 is 5.97 Å². The van der Waals surface area contributed by atoms with E-state index in [0.29, 0.717) is 10.3 Å². The Balaban J connectivity index is 2.53. The van der Waals surface area contributed by atoms with Crippen LogP contribution in [0.5, 0.6) is 0 Å². The number of carbonyl (C=O) groups is 1. The lowest BCUT2D eigenvalue weighted by atomic mass is 10.1. The molecule has 5 heteroatoms. The predicted octanol–water partition coefficient (Wildman–Crippen LogP) is 3.93. The van der Waals surface area contributed by atoms with Gasteiger partial charge < -0.3 is 10.0 Å². The summed E-state index contributed by atoms with van der Waals surface area (Å²) in [6, 6.07) is 7.59. The minimum Gasteiger partial charge on any atom is -0.478 e. The number of halogens is 1. The lowest BCUT2D eigenvalue weighted by molar-refractivity contribution is 0.0697. The van der Waals surface area contributed by atoms with E-state index >= 15 is 0 Å². The van der Waals surface area contributed by atoms with Crippen LogP contribution >= 0.6 is 15.9 Å². The van der Waals surface area contributed by atoms with Gasteiger partial charge in [0.2, 0.25) is 0 Å². The fraction of sp³-hybridized carbons (Fsp3) is 0.200. The minimum absolute atomic E-state index is 0.168. The first kappa shape index (κ1) is 14.5. The Bertz CT molecular complexity index is 671. The smallest absolute Gasteiger partial charge is 0.339 e. The molecule has 0 saturated heterocycles. The van der Waals surface area contributed by atoms with Crippen molar-refractivity contribution in [2.45, 2.75) is 13.8 Å². The molecule has 0 aliphatic heterocycles. The number of pyridine rings is 1. The van der Waals surface area contributed by atoms with Crippen LogP contribution in [0.25, 0.3) is 0 Å². The predicted molar refractivity (Wildman–Crippen MR) is 82.9 cm³/mol. The van der Waals surface area contributed by atoms with E-state index in [-0.39, 0.29) is 5.56 Å². The van der Waals surface area contributed by atoms with E-state index in [0.717, 1.165) is 11.3 Å². The highest BCUT2D eigenvalue weighted by Crippen LogP contribution is 2.29. The zero-order valence-corrected chi connectivity index (χ0v) is 13.1. The van der Waals surface area contributed by atoms with Crippen LogP contribution < -0.4 is 4.90 Å². The molecule has 4 nitrogen and oxygen atoms in total. The van der Waals surface area contributed by atoms with Crippen LogP contribution in [0.3, 0.4) is 0 Å². The van der Waals surface area contributed by atoms with E-state index in [2.05, 4.69) is 27.0 Å². The number of aryl methyl sites for hydroxylation is 2. The molecule has 0 unspecified atom stereocenters. The molecule has 0 amide bonds. The normalized spacial score (nSPS) is 10.4. The molecule has 104 valence electrons. The Morgan fingerprint density at radius 1 is 1.30 bits per heavy atom. The van der Waals surface area contributed by atoms with Crippen molar-refractivity contribution in [2.75, 3.05) is 11.9 Å². The maximum Gasteiger partial charge on any atom is 0.339 e. The highest BCUT2D eigenvalue weighted by molar-refractivity contribution is 9.10. The van der Waals surface area contributed by atoms with Crippen molar-refractivity contribution in [3.05, 3.63) is 51.6 Å². The summed E-state index contributed by atoms with van der Waals surface area (Å²) in [4.78, 5) is 17.4. The van der Waals surface area contributed by atoms with Gasteiger partial charge in [0.1, 0.15) is 11.4 Å². The summed E-state index contributed by atoms with van der Waals surface area (Å²) in [5, 5.41) is 9.31. The third kappa shape index (κ3) is 2.82. The first-order valence-corrected chi connectivity index (χ1v) is 6.89. The summed E-state index contributed by atoms with van der Waals surface area (Å²) < 4.78 is 0.646. The van der Waals surface area contributed by atoms with Gasteiger partial charge in [0.15, 0.2) is 0 Å². The third-order valence-corrected chi connectivity index (χ3v) is 3.53. The summed E-state index contributed by atoms with van der Waals surface area (Å²) in [5.74, 6) is -0.571. The van der Waals surface area contributed by atoms with Crippen LogP contribution in [0, 0.1) is 13.8 Å². The number of benzene rings is 1. The lowest BCUT2D eigenvalue weighted by Crippen LogP contribution is -2.16. The highest BCUT2D eigenvalue weighted by atomic mass is 79.9. The van der Waals surface area contributed by atoms with Crippen LogP contribution in [0.2, 0.25) is 0 Å². The van der Waals surface area contributed by atoms with Gasteiger partial charge in [-0.2, -0.15) is 0 Å². The van der Waals surface area contributed by atoms with Crippen molar-refractivity contribution in [1.29, 1.82) is 0 Å². The van der Waals surface area contributed by atoms with E-state index < -0.39 is 5.97 Å². The zero-order valence-electron chi connectivity index (χ0n) is 11.5. The second-order valence-corrected chi connectivity index (χ2v) is 5.59. The molecule has 2 aromatic rings. The van der Waals surface area contributed by atoms with E-state index in [9.17, 15) is 9.90 Å². The number of carboxylic acid groups (broad SMARTS) is 1. The fourth-order valence-electron chi connectivity index (χ4n) is 2.15. The van der Waals surface area contributed by atoms with Gasteiger partial charge in [-0.05, 0) is 47.5 Å². The van der Waals surface area contributed by atoms with E-state index in [1.165, 1.54) is 5.56 Å². The van der Waals surface area contributed by atoms with E-state index in [1.54, 1.807) is 17.2 Å². The number of nitrogens with zero attached hydrogens (tertiary/aromatic N) is 2. The van der Waals surface area contributed by atoms with E-state index in [1.807, 2.05) is 33.0 Å². The molecule has 20 heavy (non-hydrogen) atoms. The Morgan fingerprint density at radius 3 is 2.60 bits per heavy atom. The van der Waals surface area contributed by atoms with Gasteiger partial charge in [0, 0.05) is 23.4 Å². The summed E-state index contributed by atoms with van der Waals surface area (Å²) >= 11 is 3.25. The lowest BCUT2D eigenvalue weighted by Gasteiger charge is -2.22. The molecule has 0 saturated carbocycles. The Kier molecular flexibility index (Phi) is 4.09. The molecule has 0 atom stereocenters. The molecule has 0 aliphatic carbocycles. The van der Waals surface area contributed by atoms with Crippen LogP contribution in [0.15, 0.2) is 34.9 Å². The minimum atomic E-state index is -0.995. The second-order valence-electron chi connectivity index (χ2n) is 4.68.